The van der Waals surface area contributed by atoms with E-state index in [1.165, 1.54) is 7.11 Å². The van der Waals surface area contributed by atoms with E-state index in [0.717, 1.165) is 25.7 Å². The van der Waals surface area contributed by atoms with Crippen LogP contribution in [-0.4, -0.2) is 18.6 Å². The van der Waals surface area contributed by atoms with Gasteiger partial charge in [0.05, 0.1) is 13.5 Å². The van der Waals surface area contributed by atoms with Crippen molar-refractivity contribution in [2.45, 2.75) is 51.5 Å². The molecule has 0 aliphatic rings. The highest BCUT2D eigenvalue weighted by molar-refractivity contribution is 5.70. The molecule has 0 amide bonds. The van der Waals surface area contributed by atoms with Crippen LogP contribution in [0.4, 0.5) is 0 Å². The first-order chi connectivity index (χ1) is 6.08. The van der Waals surface area contributed by atoms with E-state index in [-0.39, 0.29) is 11.5 Å². The number of methoxy groups -OCH3 is 1. The van der Waals surface area contributed by atoms with Crippen molar-refractivity contribution in [1.29, 1.82) is 0 Å². The van der Waals surface area contributed by atoms with E-state index in [1.807, 2.05) is 6.92 Å². The van der Waals surface area contributed by atoms with Crippen LogP contribution in [0.5, 0.6) is 0 Å². The Labute approximate surface area is 80.6 Å². The van der Waals surface area contributed by atoms with Gasteiger partial charge in [-0.3, -0.25) is 4.79 Å². The minimum absolute atomic E-state index is 0.208. The third-order valence-electron chi connectivity index (χ3n) is 2.46. The van der Waals surface area contributed by atoms with Crippen molar-refractivity contribution in [3.63, 3.8) is 0 Å². The molecule has 0 aromatic heterocycles. The van der Waals surface area contributed by atoms with E-state index in [9.17, 15) is 4.79 Å². The van der Waals surface area contributed by atoms with Crippen LogP contribution in [0.1, 0.15) is 46.0 Å². The summed E-state index contributed by atoms with van der Waals surface area (Å²) >= 11 is 0. The lowest BCUT2D eigenvalue weighted by atomic mass is 9.88. The predicted molar refractivity (Wildman–Crippen MR) is 53.4 cm³/mol. The lowest BCUT2D eigenvalue weighted by Crippen LogP contribution is -2.41. The maximum absolute atomic E-state index is 11.0. The molecule has 0 aromatic rings. The van der Waals surface area contributed by atoms with Crippen molar-refractivity contribution >= 4 is 5.97 Å². The molecule has 0 spiro atoms. The zero-order valence-corrected chi connectivity index (χ0v) is 8.93. The monoisotopic (exact) mass is 187 g/mol. The van der Waals surface area contributed by atoms with E-state index >= 15 is 0 Å². The fourth-order valence-corrected chi connectivity index (χ4v) is 1.28. The Morgan fingerprint density at radius 2 is 2.08 bits per heavy atom. The topological polar surface area (TPSA) is 52.3 Å². The van der Waals surface area contributed by atoms with Crippen LogP contribution in [-0.2, 0) is 9.53 Å². The van der Waals surface area contributed by atoms with Crippen LogP contribution >= 0.6 is 0 Å². The van der Waals surface area contributed by atoms with Gasteiger partial charge < -0.3 is 10.5 Å². The van der Waals surface area contributed by atoms with Gasteiger partial charge in [0.15, 0.2) is 0 Å². The van der Waals surface area contributed by atoms with Crippen LogP contribution in [0.25, 0.3) is 0 Å². The van der Waals surface area contributed by atoms with Gasteiger partial charge in [-0.1, -0.05) is 26.7 Å². The van der Waals surface area contributed by atoms with E-state index < -0.39 is 0 Å². The van der Waals surface area contributed by atoms with Gasteiger partial charge in [0.25, 0.3) is 0 Å². The molecular weight excluding hydrogens is 166 g/mol. The Kier molecular flexibility index (Phi) is 5.71. The average molecular weight is 187 g/mol. The van der Waals surface area contributed by atoms with Crippen molar-refractivity contribution < 1.29 is 9.53 Å². The molecule has 0 aliphatic heterocycles. The summed E-state index contributed by atoms with van der Waals surface area (Å²) in [6, 6.07) is 0. The van der Waals surface area contributed by atoms with Gasteiger partial charge >= 0.3 is 5.97 Å². The van der Waals surface area contributed by atoms with Crippen LogP contribution in [0.3, 0.4) is 0 Å². The smallest absolute Gasteiger partial charge is 0.307 e. The number of carbonyl (C=O) groups is 1. The number of ether oxygens (including phenoxy) is 1. The molecule has 0 aliphatic carbocycles. The highest BCUT2D eigenvalue weighted by Crippen LogP contribution is 2.19. The maximum atomic E-state index is 11.0. The Hall–Kier alpha value is -0.570. The first-order valence-corrected chi connectivity index (χ1v) is 4.93. The second kappa shape index (κ2) is 5.97. The van der Waals surface area contributed by atoms with E-state index in [4.69, 9.17) is 5.73 Å². The van der Waals surface area contributed by atoms with Crippen LogP contribution < -0.4 is 5.73 Å². The molecule has 0 rings (SSSR count). The third kappa shape index (κ3) is 4.88. The quantitative estimate of drug-likeness (QED) is 0.646. The van der Waals surface area contributed by atoms with Crippen molar-refractivity contribution in [2.75, 3.05) is 7.11 Å². The molecule has 1 unspecified atom stereocenters. The van der Waals surface area contributed by atoms with Gasteiger partial charge in [-0.25, -0.2) is 0 Å². The number of nitrogens with two attached hydrogens (primary N) is 1. The number of esters is 1. The summed E-state index contributed by atoms with van der Waals surface area (Å²) in [6.45, 7) is 4.13. The van der Waals surface area contributed by atoms with Crippen LogP contribution in [0, 0.1) is 0 Å². The molecule has 3 heteroatoms. The Morgan fingerprint density at radius 1 is 1.46 bits per heavy atom. The molecule has 0 bridgehead atoms. The minimum atomic E-state index is -0.358. The van der Waals surface area contributed by atoms with Gasteiger partial charge in [0, 0.05) is 5.54 Å². The van der Waals surface area contributed by atoms with Gasteiger partial charge in [-0.15, -0.1) is 0 Å². The normalized spacial score (nSPS) is 15.1. The molecule has 1 atom stereocenters. The lowest BCUT2D eigenvalue weighted by Gasteiger charge is -2.26. The lowest BCUT2D eigenvalue weighted by molar-refractivity contribution is -0.142. The maximum Gasteiger partial charge on any atom is 0.307 e. The average Bonchev–Trinajstić information content (AvgIpc) is 2.14. The summed E-state index contributed by atoms with van der Waals surface area (Å²) in [6.07, 6.45) is 4.23. The Morgan fingerprint density at radius 3 is 2.46 bits per heavy atom. The molecule has 78 valence electrons. The van der Waals surface area contributed by atoms with Gasteiger partial charge in [0.1, 0.15) is 0 Å². The fraction of sp³-hybridized carbons (Fsp3) is 0.900. The number of rotatable bonds is 6. The highest BCUT2D eigenvalue weighted by Gasteiger charge is 2.25. The summed E-state index contributed by atoms with van der Waals surface area (Å²) in [5, 5.41) is 0. The molecule has 0 fully saturated rings. The molecule has 0 aromatic carbocycles. The number of carbonyl (C=O) groups excluding carboxylic acids is 1. The molecular formula is C10H21NO2. The predicted octanol–water partition coefficient (Wildman–Crippen LogP) is 1.85. The fourth-order valence-electron chi connectivity index (χ4n) is 1.28. The SMILES string of the molecule is CCCCC(N)(CC)CC(=O)OC. The zero-order chi connectivity index (χ0) is 10.3. The summed E-state index contributed by atoms with van der Waals surface area (Å²) < 4.78 is 4.61. The molecule has 2 N–H and O–H groups in total. The summed E-state index contributed by atoms with van der Waals surface area (Å²) in [4.78, 5) is 11.0. The number of unbranched alkanes of at least 4 members (excludes halogenated alkanes) is 1. The highest BCUT2D eigenvalue weighted by atomic mass is 16.5. The van der Waals surface area contributed by atoms with Crippen LogP contribution in [0.2, 0.25) is 0 Å². The Bertz CT molecular complexity index is 159. The first-order valence-electron chi connectivity index (χ1n) is 4.93. The van der Waals surface area contributed by atoms with E-state index in [2.05, 4.69) is 11.7 Å². The van der Waals surface area contributed by atoms with E-state index in [1.54, 1.807) is 0 Å². The summed E-state index contributed by atoms with van der Waals surface area (Å²) in [5.41, 5.74) is 5.70. The molecule has 0 saturated heterocycles. The summed E-state index contributed by atoms with van der Waals surface area (Å²) in [7, 11) is 1.40. The molecule has 0 saturated carbocycles. The minimum Gasteiger partial charge on any atom is -0.469 e. The standard InChI is InChI=1S/C10H21NO2/c1-4-6-7-10(11,5-2)8-9(12)13-3/h4-8,11H2,1-3H3. The van der Waals surface area contributed by atoms with Crippen LogP contribution in [0.15, 0.2) is 0 Å². The van der Waals surface area contributed by atoms with Gasteiger partial charge in [-0.2, -0.15) is 0 Å². The molecule has 3 nitrogen and oxygen atoms in total. The largest absolute Gasteiger partial charge is 0.469 e. The van der Waals surface area contributed by atoms with Crippen molar-refractivity contribution in [3.05, 3.63) is 0 Å². The van der Waals surface area contributed by atoms with Gasteiger partial charge in [0.2, 0.25) is 0 Å². The van der Waals surface area contributed by atoms with Crippen molar-refractivity contribution in [1.82, 2.24) is 0 Å². The summed E-state index contributed by atoms with van der Waals surface area (Å²) in [5.74, 6) is -0.208. The number of hydrogen-bond donors (Lipinski definition) is 1. The molecule has 0 radical (unpaired) electrons. The van der Waals surface area contributed by atoms with Crippen molar-refractivity contribution in [2.24, 2.45) is 5.73 Å². The van der Waals surface area contributed by atoms with E-state index in [0.29, 0.717) is 6.42 Å². The molecule has 13 heavy (non-hydrogen) atoms. The van der Waals surface area contributed by atoms with Gasteiger partial charge in [-0.05, 0) is 12.8 Å². The Balaban J connectivity index is 4.02. The van der Waals surface area contributed by atoms with Crippen molar-refractivity contribution in [3.8, 4) is 0 Å². The number of hydrogen-bond acceptors (Lipinski definition) is 3. The molecule has 0 heterocycles. The zero-order valence-electron chi connectivity index (χ0n) is 8.93. The third-order valence-corrected chi connectivity index (χ3v) is 2.46. The first kappa shape index (κ1) is 12.4. The second-order valence-electron chi connectivity index (χ2n) is 3.57. The second-order valence-corrected chi connectivity index (χ2v) is 3.57.